The molecule has 2 aromatic heterocycles. The van der Waals surface area contributed by atoms with Crippen LogP contribution in [0.2, 0.25) is 10.0 Å². The third-order valence-electron chi connectivity index (χ3n) is 5.04. The Morgan fingerprint density at radius 1 is 1.13 bits per heavy atom. The van der Waals surface area contributed by atoms with E-state index in [9.17, 15) is 0 Å². The number of rotatable bonds is 3. The van der Waals surface area contributed by atoms with Gasteiger partial charge in [-0.2, -0.15) is 36.9 Å². The van der Waals surface area contributed by atoms with Crippen molar-refractivity contribution in [3.05, 3.63) is 90.6 Å². The fraction of sp³-hybridized carbons (Fsp3) is 0.261. The Morgan fingerprint density at radius 2 is 1.83 bits per heavy atom. The van der Waals surface area contributed by atoms with Crippen LogP contribution in [0.1, 0.15) is 49.7 Å². The minimum Gasteiger partial charge on any atom is -0.362 e. The first kappa shape index (κ1) is 24.7. The topological polar surface area (TPSA) is 42.7 Å². The van der Waals surface area contributed by atoms with Gasteiger partial charge in [0.05, 0.1) is 17.6 Å². The summed E-state index contributed by atoms with van der Waals surface area (Å²) >= 11 is 11.3. The molecule has 0 amide bonds. The molecule has 0 fully saturated rings. The second-order valence-electron chi connectivity index (χ2n) is 7.31. The predicted molar refractivity (Wildman–Crippen MR) is 122 cm³/mol. The number of benzene rings is 1. The number of imidazole rings is 1. The molecule has 4 rings (SSSR count). The molecule has 1 aliphatic heterocycles. The first-order chi connectivity index (χ1) is 13.8. The van der Waals surface area contributed by atoms with Crippen LogP contribution in [-0.4, -0.2) is 14.5 Å². The summed E-state index contributed by atoms with van der Waals surface area (Å²) in [5.74, 6) is 2.29. The van der Waals surface area contributed by atoms with Gasteiger partial charge in [0.2, 0.25) is 0 Å². The van der Waals surface area contributed by atoms with E-state index >= 15 is 0 Å². The van der Waals surface area contributed by atoms with Gasteiger partial charge in [-0.25, -0.2) is 9.97 Å². The molecule has 4 nitrogen and oxygen atoms in total. The van der Waals surface area contributed by atoms with Crippen LogP contribution in [-0.2, 0) is 5.54 Å². The smallest absolute Gasteiger partial charge is 0.362 e. The Bertz CT molecular complexity index is 997. The average molecular weight is 435 g/mol. The monoisotopic (exact) mass is 434 g/mol. The molecule has 154 valence electrons. The summed E-state index contributed by atoms with van der Waals surface area (Å²) in [6.45, 7) is 16.2. The third-order valence-corrected chi connectivity index (χ3v) is 5.65. The number of hydrogen-bond donors (Lipinski definition) is 1. The van der Waals surface area contributed by atoms with Crippen LogP contribution in [0.25, 0.3) is 5.69 Å². The van der Waals surface area contributed by atoms with Gasteiger partial charge in [0, 0.05) is 17.7 Å². The quantitative estimate of drug-likeness (QED) is 0.505. The van der Waals surface area contributed by atoms with Crippen molar-refractivity contribution in [1.82, 2.24) is 14.5 Å². The molecule has 0 saturated heterocycles. The molecular weight excluding hydrogens is 410 g/mol. The standard InChI is InChI=1S/C16H20N4.C7H5Cl2.Li/c1-5-16(6-2)13-10-18-15(11(3)4)20(13)12-8-7-9-17-14(12)19-16;1-5-4-6(8)2-3-7(5)9;/h7-11H,1-2,5-6H2,3-4H3,(H,17,19);2-4H,1H2;/q-2;-1;+1. The van der Waals surface area contributed by atoms with Crippen LogP contribution < -0.4 is 24.2 Å². The van der Waals surface area contributed by atoms with Crippen molar-refractivity contribution in [1.29, 1.82) is 0 Å². The molecule has 7 heteroatoms. The van der Waals surface area contributed by atoms with Crippen LogP contribution in [0.5, 0.6) is 0 Å². The van der Waals surface area contributed by atoms with Crippen LogP contribution >= 0.6 is 23.2 Å². The van der Waals surface area contributed by atoms with Gasteiger partial charge in [0.25, 0.3) is 0 Å². The molecule has 30 heavy (non-hydrogen) atoms. The predicted octanol–water partition coefficient (Wildman–Crippen LogP) is 3.64. The first-order valence-electron chi connectivity index (χ1n) is 9.50. The van der Waals surface area contributed by atoms with Crippen molar-refractivity contribution in [2.24, 2.45) is 0 Å². The van der Waals surface area contributed by atoms with Crippen molar-refractivity contribution in [2.75, 3.05) is 5.32 Å². The van der Waals surface area contributed by atoms with Crippen molar-refractivity contribution < 1.29 is 18.9 Å². The van der Waals surface area contributed by atoms with Gasteiger partial charge >= 0.3 is 18.9 Å². The normalized spacial score (nSPS) is 13.3. The van der Waals surface area contributed by atoms with Crippen molar-refractivity contribution >= 4 is 29.0 Å². The van der Waals surface area contributed by atoms with Gasteiger partial charge in [-0.3, -0.25) is 4.57 Å². The zero-order chi connectivity index (χ0) is 21.2. The van der Waals surface area contributed by atoms with Gasteiger partial charge in [0.15, 0.2) is 5.82 Å². The SMILES string of the molecule is [CH2-]CC1(C[CH2-])Nc2ncccc2-n2c1cnc2C(C)C.[CH2-]c1cc(Cl)ccc1Cl.[Li+]. The van der Waals surface area contributed by atoms with Gasteiger partial charge < -0.3 is 19.2 Å². The summed E-state index contributed by atoms with van der Waals surface area (Å²) < 4.78 is 2.22. The Hall–Kier alpha value is -1.57. The second-order valence-corrected chi connectivity index (χ2v) is 8.15. The minimum atomic E-state index is -0.290. The van der Waals surface area contributed by atoms with E-state index in [1.165, 1.54) is 0 Å². The number of nitrogens with zero attached hydrogens (tertiary/aromatic N) is 3. The van der Waals surface area contributed by atoms with E-state index in [0.717, 1.165) is 28.6 Å². The zero-order valence-electron chi connectivity index (χ0n) is 17.8. The molecule has 0 aliphatic carbocycles. The van der Waals surface area contributed by atoms with E-state index in [1.54, 1.807) is 24.4 Å². The number of aromatic nitrogens is 3. The van der Waals surface area contributed by atoms with Crippen LogP contribution in [0.15, 0.2) is 42.7 Å². The molecule has 1 aromatic carbocycles. The summed E-state index contributed by atoms with van der Waals surface area (Å²) in [5, 5.41) is 4.84. The summed E-state index contributed by atoms with van der Waals surface area (Å²) in [4.78, 5) is 9.10. The molecule has 0 bridgehead atoms. The van der Waals surface area contributed by atoms with E-state index in [2.05, 4.69) is 60.5 Å². The fourth-order valence-electron chi connectivity index (χ4n) is 3.38. The van der Waals surface area contributed by atoms with E-state index in [0.29, 0.717) is 28.8 Å². The van der Waals surface area contributed by atoms with Crippen LogP contribution in [0.4, 0.5) is 5.82 Å². The van der Waals surface area contributed by atoms with E-state index in [-0.39, 0.29) is 24.4 Å². The van der Waals surface area contributed by atoms with Gasteiger partial charge in [-0.05, 0) is 17.2 Å². The maximum atomic E-state index is 5.66. The number of hydrogen-bond acceptors (Lipinski definition) is 3. The number of halogens is 2. The first-order valence-corrected chi connectivity index (χ1v) is 10.3. The van der Waals surface area contributed by atoms with Crippen molar-refractivity contribution in [3.63, 3.8) is 0 Å². The molecule has 0 unspecified atom stereocenters. The maximum Gasteiger partial charge on any atom is 1.00 e. The summed E-state index contributed by atoms with van der Waals surface area (Å²) in [7, 11) is 0. The van der Waals surface area contributed by atoms with Crippen LogP contribution in [0, 0.1) is 20.8 Å². The molecule has 1 N–H and O–H groups in total. The summed E-state index contributed by atoms with van der Waals surface area (Å²) in [5.41, 5.74) is 2.67. The number of anilines is 1. The largest absolute Gasteiger partial charge is 1.00 e. The van der Waals surface area contributed by atoms with Gasteiger partial charge in [-0.15, -0.1) is 6.07 Å². The molecule has 1 aliphatic rings. The third kappa shape index (κ3) is 4.68. The average Bonchev–Trinajstić information content (AvgIpc) is 3.17. The Labute approximate surface area is 201 Å². The maximum absolute atomic E-state index is 5.66. The molecule has 0 atom stereocenters. The fourth-order valence-corrected chi connectivity index (χ4v) is 3.69. The van der Waals surface area contributed by atoms with Gasteiger partial charge in [-0.1, -0.05) is 42.6 Å². The number of fused-ring (bicyclic) bond motifs is 3. The minimum absolute atomic E-state index is 0. The van der Waals surface area contributed by atoms with Crippen LogP contribution in [0.3, 0.4) is 0 Å². The van der Waals surface area contributed by atoms with Gasteiger partial charge in [0.1, 0.15) is 5.82 Å². The Balaban J connectivity index is 0.000000272. The molecule has 3 heterocycles. The molecule has 3 aromatic rings. The Kier molecular flexibility index (Phi) is 8.36. The van der Waals surface area contributed by atoms with E-state index < -0.39 is 0 Å². The summed E-state index contributed by atoms with van der Waals surface area (Å²) in [6, 6.07) is 9.22. The van der Waals surface area contributed by atoms with Crippen molar-refractivity contribution in [2.45, 2.75) is 38.1 Å². The molecule has 0 saturated carbocycles. The van der Waals surface area contributed by atoms with E-state index in [4.69, 9.17) is 23.2 Å². The molecule has 0 radical (unpaired) electrons. The number of pyridine rings is 1. The Morgan fingerprint density at radius 3 is 2.40 bits per heavy atom. The zero-order valence-corrected chi connectivity index (χ0v) is 19.3. The molecule has 0 spiro atoms. The van der Waals surface area contributed by atoms with E-state index in [1.807, 2.05) is 12.3 Å². The second kappa shape index (κ2) is 10.2. The van der Waals surface area contributed by atoms with Crippen molar-refractivity contribution in [3.8, 4) is 5.69 Å². The molecular formula is C23H25Cl2LiN4-2. The summed E-state index contributed by atoms with van der Waals surface area (Å²) in [6.07, 6.45) is 5.17. The number of nitrogens with one attached hydrogen (secondary N) is 1.